The lowest BCUT2D eigenvalue weighted by Gasteiger charge is -2.39. The number of aromatic hydroxyl groups is 1. The maximum atomic E-state index is 11.9. The number of methoxy groups -OCH3 is 1. The fourth-order valence-electron chi connectivity index (χ4n) is 3.42. The first kappa shape index (κ1) is 25.5. The smallest absolute Gasteiger partial charge is 0.329 e. The van der Waals surface area contributed by atoms with Gasteiger partial charge in [-0.3, -0.25) is 5.01 Å². The monoisotopic (exact) mass is 445 g/mol. The summed E-state index contributed by atoms with van der Waals surface area (Å²) in [7, 11) is 1.63. The molecule has 0 aromatic heterocycles. The maximum Gasteiger partial charge on any atom is 0.329 e. The Morgan fingerprint density at radius 3 is 2.50 bits per heavy atom. The molecular formula is C24H35N3O5. The van der Waals surface area contributed by atoms with Crippen LogP contribution < -0.4 is 16.3 Å². The van der Waals surface area contributed by atoms with Gasteiger partial charge < -0.3 is 25.1 Å². The molecule has 0 saturated carbocycles. The predicted molar refractivity (Wildman–Crippen MR) is 123 cm³/mol. The van der Waals surface area contributed by atoms with E-state index in [1.54, 1.807) is 25.3 Å². The molecule has 0 aliphatic rings. The van der Waals surface area contributed by atoms with Crippen molar-refractivity contribution < 1.29 is 24.1 Å². The average molecular weight is 446 g/mol. The van der Waals surface area contributed by atoms with Gasteiger partial charge in [-0.1, -0.05) is 50.2 Å². The molecule has 2 aromatic carbocycles. The Kier molecular flexibility index (Phi) is 9.77. The van der Waals surface area contributed by atoms with Crippen LogP contribution in [0.2, 0.25) is 0 Å². The van der Waals surface area contributed by atoms with E-state index in [1.165, 1.54) is 0 Å². The third-order valence-electron chi connectivity index (χ3n) is 5.28. The number of carbonyl (C=O) groups is 1. The summed E-state index contributed by atoms with van der Waals surface area (Å²) in [5.41, 5.74) is 6.91. The lowest BCUT2D eigenvalue weighted by molar-refractivity contribution is 0.00488. The minimum atomic E-state index is -0.721. The molecule has 0 fully saturated rings. The van der Waals surface area contributed by atoms with E-state index in [-0.39, 0.29) is 5.75 Å². The summed E-state index contributed by atoms with van der Waals surface area (Å²) < 4.78 is 16.6. The number of phenols is 1. The molecule has 2 rings (SSSR count). The number of benzene rings is 2. The van der Waals surface area contributed by atoms with E-state index in [2.05, 4.69) is 0 Å². The van der Waals surface area contributed by atoms with Crippen molar-refractivity contribution in [1.82, 2.24) is 5.01 Å². The van der Waals surface area contributed by atoms with E-state index in [9.17, 15) is 9.90 Å². The van der Waals surface area contributed by atoms with E-state index in [0.717, 1.165) is 16.1 Å². The summed E-state index contributed by atoms with van der Waals surface area (Å²) in [6, 6.07) is 13.8. The second-order valence-corrected chi connectivity index (χ2v) is 8.43. The topological polar surface area (TPSA) is 120 Å². The predicted octanol–water partition coefficient (Wildman–Crippen LogP) is 3.22. The Bertz CT molecular complexity index is 845. The minimum absolute atomic E-state index is 0.0488. The van der Waals surface area contributed by atoms with Gasteiger partial charge in [0.25, 0.3) is 0 Å². The zero-order chi connectivity index (χ0) is 23.6. The molecule has 1 unspecified atom stereocenters. The van der Waals surface area contributed by atoms with Gasteiger partial charge in [-0.05, 0) is 29.7 Å². The lowest BCUT2D eigenvalue weighted by atomic mass is 9.81. The lowest BCUT2D eigenvalue weighted by Crippen LogP contribution is -2.56. The number of carbonyl (C=O) groups excluding carboxylic acids is 1. The second-order valence-electron chi connectivity index (χ2n) is 8.43. The molecule has 0 heterocycles. The summed E-state index contributed by atoms with van der Waals surface area (Å²) in [6.45, 7) is 5.77. The van der Waals surface area contributed by atoms with Crippen LogP contribution in [0.4, 0.5) is 4.79 Å². The SMILES string of the molecule is COCCCOc1cc(CC(N(N)C(N)=O)C(C)(C)COCc2ccccc2)ccc1O. The first-order valence-electron chi connectivity index (χ1n) is 10.6. The molecule has 1 atom stereocenters. The van der Waals surface area contributed by atoms with Crippen LogP contribution >= 0.6 is 0 Å². The number of hydrogen-bond acceptors (Lipinski definition) is 6. The molecule has 0 radical (unpaired) electrons. The summed E-state index contributed by atoms with van der Waals surface area (Å²) in [5, 5.41) is 11.2. The molecule has 5 N–H and O–H groups in total. The Labute approximate surface area is 190 Å². The highest BCUT2D eigenvalue weighted by Crippen LogP contribution is 2.32. The van der Waals surface area contributed by atoms with E-state index in [4.69, 9.17) is 25.8 Å². The number of amides is 2. The van der Waals surface area contributed by atoms with Crippen molar-refractivity contribution >= 4 is 6.03 Å². The van der Waals surface area contributed by atoms with Crippen molar-refractivity contribution in [3.8, 4) is 11.5 Å². The highest BCUT2D eigenvalue weighted by Gasteiger charge is 2.35. The second kappa shape index (κ2) is 12.3. The number of nitrogens with two attached hydrogens (primary N) is 2. The fourth-order valence-corrected chi connectivity index (χ4v) is 3.42. The summed E-state index contributed by atoms with van der Waals surface area (Å²) in [5.74, 6) is 6.49. The number of ether oxygens (including phenoxy) is 3. The number of rotatable bonds is 13. The highest BCUT2D eigenvalue weighted by atomic mass is 16.5. The van der Waals surface area contributed by atoms with Crippen molar-refractivity contribution in [3.63, 3.8) is 0 Å². The molecule has 8 nitrogen and oxygen atoms in total. The molecule has 0 spiro atoms. The normalized spacial score (nSPS) is 12.4. The van der Waals surface area contributed by atoms with E-state index >= 15 is 0 Å². The Morgan fingerprint density at radius 1 is 1.12 bits per heavy atom. The summed E-state index contributed by atoms with van der Waals surface area (Å²) in [6.07, 6.45) is 1.11. The van der Waals surface area contributed by atoms with E-state index in [1.807, 2.05) is 44.2 Å². The third-order valence-corrected chi connectivity index (χ3v) is 5.28. The first-order chi connectivity index (χ1) is 15.2. The van der Waals surface area contributed by atoms with Gasteiger partial charge in [0, 0.05) is 25.6 Å². The van der Waals surface area contributed by atoms with Gasteiger partial charge in [0.2, 0.25) is 0 Å². The van der Waals surface area contributed by atoms with Crippen LogP contribution in [0.5, 0.6) is 11.5 Å². The molecule has 0 aliphatic carbocycles. The Balaban J connectivity index is 2.11. The van der Waals surface area contributed by atoms with Crippen molar-refractivity contribution in [2.24, 2.45) is 17.0 Å². The highest BCUT2D eigenvalue weighted by molar-refractivity contribution is 5.71. The molecule has 32 heavy (non-hydrogen) atoms. The van der Waals surface area contributed by atoms with Gasteiger partial charge in [-0.2, -0.15) is 0 Å². The van der Waals surface area contributed by atoms with Gasteiger partial charge in [0.05, 0.1) is 25.9 Å². The molecule has 176 valence electrons. The van der Waals surface area contributed by atoms with Crippen LogP contribution in [0.25, 0.3) is 0 Å². The minimum Gasteiger partial charge on any atom is -0.504 e. The van der Waals surface area contributed by atoms with Gasteiger partial charge in [-0.25, -0.2) is 10.6 Å². The van der Waals surface area contributed by atoms with Crippen molar-refractivity contribution in [2.45, 2.75) is 39.3 Å². The van der Waals surface area contributed by atoms with Crippen LogP contribution in [0.3, 0.4) is 0 Å². The van der Waals surface area contributed by atoms with Crippen molar-refractivity contribution in [3.05, 3.63) is 59.7 Å². The van der Waals surface area contributed by atoms with Crippen LogP contribution in [-0.4, -0.2) is 49.1 Å². The quantitative estimate of drug-likeness (QED) is 0.188. The number of primary amides is 1. The average Bonchev–Trinajstić information content (AvgIpc) is 2.76. The number of hydrazine groups is 1. The summed E-state index contributed by atoms with van der Waals surface area (Å²) >= 11 is 0. The largest absolute Gasteiger partial charge is 0.504 e. The maximum absolute atomic E-state index is 11.9. The number of phenolic OH excluding ortho intramolecular Hbond substituents is 1. The van der Waals surface area contributed by atoms with Gasteiger partial charge >= 0.3 is 6.03 Å². The molecule has 2 aromatic rings. The van der Waals surface area contributed by atoms with Crippen molar-refractivity contribution in [2.75, 3.05) is 26.9 Å². The molecule has 8 heteroatoms. The number of nitrogens with zero attached hydrogens (tertiary/aromatic N) is 1. The molecule has 2 amide bonds. The summed E-state index contributed by atoms with van der Waals surface area (Å²) in [4.78, 5) is 11.9. The van der Waals surface area contributed by atoms with Crippen LogP contribution in [0, 0.1) is 5.41 Å². The molecular weight excluding hydrogens is 410 g/mol. The van der Waals surface area contributed by atoms with Crippen LogP contribution in [0.15, 0.2) is 48.5 Å². The van der Waals surface area contributed by atoms with Gasteiger partial charge in [-0.15, -0.1) is 0 Å². The number of hydrogen-bond donors (Lipinski definition) is 3. The Hall–Kier alpha value is -2.81. The third kappa shape index (κ3) is 7.71. The molecule has 0 saturated heterocycles. The van der Waals surface area contributed by atoms with E-state index in [0.29, 0.717) is 45.0 Å². The molecule has 0 aliphatic heterocycles. The van der Waals surface area contributed by atoms with E-state index < -0.39 is 17.5 Å². The van der Waals surface area contributed by atoms with Crippen LogP contribution in [-0.2, 0) is 22.5 Å². The fraction of sp³-hybridized carbons (Fsp3) is 0.458. The van der Waals surface area contributed by atoms with Crippen LogP contribution in [0.1, 0.15) is 31.4 Å². The Morgan fingerprint density at radius 2 is 1.84 bits per heavy atom. The van der Waals surface area contributed by atoms with Gasteiger partial charge in [0.1, 0.15) is 0 Å². The number of urea groups is 1. The standard InChI is InChI=1S/C24H35N3O5/c1-24(2,17-31-16-18-8-5-4-6-9-18)22(27(26)23(25)29)15-19-10-11-20(28)21(14-19)32-13-7-12-30-3/h4-6,8-11,14,22,28H,7,12-13,15-17,26H2,1-3H3,(H2,25,29). The van der Waals surface area contributed by atoms with Gasteiger partial charge in [0.15, 0.2) is 11.5 Å². The first-order valence-corrected chi connectivity index (χ1v) is 10.6. The molecule has 0 bridgehead atoms. The zero-order valence-corrected chi connectivity index (χ0v) is 19.1. The van der Waals surface area contributed by atoms with Crippen molar-refractivity contribution in [1.29, 1.82) is 0 Å². The zero-order valence-electron chi connectivity index (χ0n) is 19.1.